The first-order valence-electron chi connectivity index (χ1n) is 7.30. The highest BCUT2D eigenvalue weighted by Crippen LogP contribution is 2.33. The minimum Gasteiger partial charge on any atom is -0.289 e. The molecule has 0 atom stereocenters. The van der Waals surface area contributed by atoms with Gasteiger partial charge in [0.05, 0.1) is 8.07 Å². The molecular weight excluding hydrogens is 264 g/mol. The maximum Gasteiger partial charge on any atom is 0.189 e. The first kappa shape index (κ1) is 14.9. The number of benzene rings is 1. The van der Waals surface area contributed by atoms with E-state index in [1.807, 2.05) is 12.1 Å². The first-order valence-corrected chi connectivity index (χ1v) is 10.8. The molecular formula is C17H22O2Si. The fraction of sp³-hybridized carbons (Fsp3) is 0.412. The Balaban J connectivity index is 2.62. The Morgan fingerprint density at radius 1 is 0.950 bits per heavy atom. The molecule has 0 radical (unpaired) electrons. The van der Waals surface area contributed by atoms with Crippen LogP contribution >= 0.6 is 0 Å². The summed E-state index contributed by atoms with van der Waals surface area (Å²) in [6.45, 7) is 8.55. The van der Waals surface area contributed by atoms with Crippen molar-refractivity contribution in [1.82, 2.24) is 0 Å². The molecule has 1 aromatic rings. The van der Waals surface area contributed by atoms with Crippen LogP contribution in [-0.2, 0) is 0 Å². The van der Waals surface area contributed by atoms with Crippen LogP contribution in [0.4, 0.5) is 0 Å². The van der Waals surface area contributed by atoms with Crippen molar-refractivity contribution in [3.63, 3.8) is 0 Å². The van der Waals surface area contributed by atoms with Gasteiger partial charge in [-0.05, 0) is 18.0 Å². The monoisotopic (exact) mass is 286 g/mol. The zero-order valence-electron chi connectivity index (χ0n) is 12.7. The van der Waals surface area contributed by atoms with Gasteiger partial charge in [0.1, 0.15) is 0 Å². The van der Waals surface area contributed by atoms with Crippen LogP contribution in [0.15, 0.2) is 35.0 Å². The summed E-state index contributed by atoms with van der Waals surface area (Å²) in [5, 5.41) is 0.842. The molecule has 0 aromatic heterocycles. The molecule has 1 aliphatic rings. The number of fused-ring (bicyclic) bond motifs is 1. The van der Waals surface area contributed by atoms with E-state index in [1.54, 1.807) is 12.1 Å². The first-order chi connectivity index (χ1) is 9.38. The Kier molecular flexibility index (Phi) is 4.09. The smallest absolute Gasteiger partial charge is 0.189 e. The Hall–Kier alpha value is -1.48. The number of unbranched alkanes of at least 4 members (excludes halogenated alkanes) is 1. The maximum atomic E-state index is 12.8. The quantitative estimate of drug-likeness (QED) is 0.767. The van der Waals surface area contributed by atoms with E-state index >= 15 is 0 Å². The van der Waals surface area contributed by atoms with Crippen LogP contribution in [0.2, 0.25) is 19.6 Å². The van der Waals surface area contributed by atoms with Crippen LogP contribution in [0.5, 0.6) is 0 Å². The number of Topliss-reactive ketones (excluding diaryl/α,β-unsaturated/α-hetero) is 2. The topological polar surface area (TPSA) is 34.1 Å². The molecule has 20 heavy (non-hydrogen) atoms. The van der Waals surface area contributed by atoms with Crippen molar-refractivity contribution in [2.75, 3.05) is 0 Å². The van der Waals surface area contributed by atoms with E-state index in [1.165, 1.54) is 0 Å². The molecule has 1 aromatic carbocycles. The van der Waals surface area contributed by atoms with Crippen molar-refractivity contribution in [3.8, 4) is 0 Å². The van der Waals surface area contributed by atoms with Crippen molar-refractivity contribution in [2.24, 2.45) is 0 Å². The molecule has 0 heterocycles. The molecule has 2 nitrogen and oxygen atoms in total. The van der Waals surface area contributed by atoms with Gasteiger partial charge < -0.3 is 0 Å². The third kappa shape index (κ3) is 2.55. The lowest BCUT2D eigenvalue weighted by Gasteiger charge is -2.28. The average molecular weight is 286 g/mol. The summed E-state index contributed by atoms with van der Waals surface area (Å²) in [6.07, 6.45) is 2.73. The van der Waals surface area contributed by atoms with Crippen LogP contribution in [0.3, 0.4) is 0 Å². The summed E-state index contributed by atoms with van der Waals surface area (Å²) in [5.41, 5.74) is 1.97. The molecule has 0 aliphatic heterocycles. The summed E-state index contributed by atoms with van der Waals surface area (Å²) < 4.78 is 0. The molecule has 0 unspecified atom stereocenters. The number of allylic oxidation sites excluding steroid dienone is 2. The summed E-state index contributed by atoms with van der Waals surface area (Å²) >= 11 is 0. The van der Waals surface area contributed by atoms with Crippen molar-refractivity contribution < 1.29 is 9.59 Å². The fourth-order valence-electron chi connectivity index (χ4n) is 2.81. The second kappa shape index (κ2) is 5.48. The Morgan fingerprint density at radius 2 is 1.50 bits per heavy atom. The fourth-order valence-corrected chi connectivity index (χ4v) is 4.77. The van der Waals surface area contributed by atoms with Crippen molar-refractivity contribution in [2.45, 2.75) is 45.8 Å². The van der Waals surface area contributed by atoms with Gasteiger partial charge in [0.25, 0.3) is 0 Å². The van der Waals surface area contributed by atoms with Gasteiger partial charge in [-0.15, -0.1) is 0 Å². The molecule has 2 rings (SSSR count). The normalized spacial score (nSPS) is 15.6. The Labute approximate surface area is 121 Å². The van der Waals surface area contributed by atoms with Crippen molar-refractivity contribution in [3.05, 3.63) is 46.2 Å². The lowest BCUT2D eigenvalue weighted by molar-refractivity contribution is 0.0976. The summed E-state index contributed by atoms with van der Waals surface area (Å²) in [7, 11) is -1.83. The zero-order chi connectivity index (χ0) is 14.9. The van der Waals surface area contributed by atoms with Gasteiger partial charge in [-0.25, -0.2) is 0 Å². The van der Waals surface area contributed by atoms with Crippen LogP contribution in [0.25, 0.3) is 0 Å². The third-order valence-electron chi connectivity index (χ3n) is 3.75. The van der Waals surface area contributed by atoms with Crippen LogP contribution in [0, 0.1) is 0 Å². The second-order valence-corrected chi connectivity index (χ2v) is 11.4. The predicted molar refractivity (Wildman–Crippen MR) is 85.0 cm³/mol. The van der Waals surface area contributed by atoms with Crippen LogP contribution in [-0.4, -0.2) is 19.6 Å². The molecule has 106 valence electrons. The summed E-state index contributed by atoms with van der Waals surface area (Å²) in [5.74, 6) is 0.163. The maximum absolute atomic E-state index is 12.8. The van der Waals surface area contributed by atoms with Crippen LogP contribution < -0.4 is 0 Å². The minimum absolute atomic E-state index is 0.0751. The number of carbonyl (C=O) groups is 2. The Bertz CT molecular complexity index is 591. The number of hydrogen-bond donors (Lipinski definition) is 0. The van der Waals surface area contributed by atoms with Crippen LogP contribution in [0.1, 0.15) is 46.9 Å². The highest BCUT2D eigenvalue weighted by Gasteiger charge is 2.37. The minimum atomic E-state index is -1.83. The average Bonchev–Trinajstić information content (AvgIpc) is 2.39. The van der Waals surface area contributed by atoms with Gasteiger partial charge in [0, 0.05) is 16.7 Å². The molecule has 0 fully saturated rings. The molecule has 0 N–H and O–H groups in total. The largest absolute Gasteiger partial charge is 0.289 e. The summed E-state index contributed by atoms with van der Waals surface area (Å²) in [6, 6.07) is 7.23. The van der Waals surface area contributed by atoms with Gasteiger partial charge in [-0.3, -0.25) is 9.59 Å². The lowest BCUT2D eigenvalue weighted by Crippen LogP contribution is -2.36. The molecule has 3 heteroatoms. The van der Waals surface area contributed by atoms with E-state index in [9.17, 15) is 9.59 Å². The Morgan fingerprint density at radius 3 is 2.00 bits per heavy atom. The number of hydrogen-bond acceptors (Lipinski definition) is 2. The molecule has 0 saturated heterocycles. The van der Waals surface area contributed by atoms with Gasteiger partial charge in [0.2, 0.25) is 0 Å². The number of ketones is 2. The molecule has 0 bridgehead atoms. The van der Waals surface area contributed by atoms with Crippen molar-refractivity contribution >= 4 is 19.6 Å². The van der Waals surface area contributed by atoms with E-state index < -0.39 is 8.07 Å². The standard InChI is InChI=1S/C17H22O2Si/c1-5-6-9-14-15(18)12-10-7-8-11-13(12)16(19)17(14)20(2,3)4/h7-8,10-11H,5-6,9H2,1-4H3. The SMILES string of the molecule is CCCCC1=C([Si](C)(C)C)C(=O)c2ccccc2C1=O. The second-order valence-electron chi connectivity index (χ2n) is 6.41. The van der Waals surface area contributed by atoms with Gasteiger partial charge in [-0.2, -0.15) is 0 Å². The van der Waals surface area contributed by atoms with Gasteiger partial charge >= 0.3 is 0 Å². The summed E-state index contributed by atoms with van der Waals surface area (Å²) in [4.78, 5) is 25.5. The van der Waals surface area contributed by atoms with E-state index in [0.29, 0.717) is 11.1 Å². The molecule has 0 amide bonds. The molecule has 1 aliphatic carbocycles. The number of rotatable bonds is 4. The van der Waals surface area contributed by atoms with E-state index in [2.05, 4.69) is 26.6 Å². The van der Waals surface area contributed by atoms with Gasteiger partial charge in [-0.1, -0.05) is 57.3 Å². The van der Waals surface area contributed by atoms with E-state index in [-0.39, 0.29) is 11.6 Å². The zero-order valence-corrected chi connectivity index (χ0v) is 13.7. The molecule has 0 spiro atoms. The van der Waals surface area contributed by atoms with Gasteiger partial charge in [0.15, 0.2) is 11.6 Å². The predicted octanol–water partition coefficient (Wildman–Crippen LogP) is 4.43. The highest BCUT2D eigenvalue weighted by atomic mass is 28.3. The van der Waals surface area contributed by atoms with Crippen molar-refractivity contribution in [1.29, 1.82) is 0 Å². The third-order valence-corrected chi connectivity index (χ3v) is 5.78. The van der Waals surface area contributed by atoms with E-state index in [4.69, 9.17) is 0 Å². The number of carbonyl (C=O) groups excluding carboxylic acids is 2. The lowest BCUT2D eigenvalue weighted by atomic mass is 9.87. The highest BCUT2D eigenvalue weighted by molar-refractivity contribution is 6.88. The van der Waals surface area contributed by atoms with E-state index in [0.717, 1.165) is 30.0 Å². The molecule has 0 saturated carbocycles.